The second-order valence-electron chi connectivity index (χ2n) is 16.2. The summed E-state index contributed by atoms with van der Waals surface area (Å²) in [5.74, 6) is -3.84. The monoisotopic (exact) mass is 799 g/mol. The van der Waals surface area contributed by atoms with Crippen LogP contribution in [0.1, 0.15) is 128 Å². The third-order valence-electron chi connectivity index (χ3n) is 9.81. The van der Waals surface area contributed by atoms with E-state index in [4.69, 9.17) is 18.9 Å². The van der Waals surface area contributed by atoms with Gasteiger partial charge < -0.3 is 44.7 Å². The number of hydrogen-bond acceptors (Lipinski definition) is 11. The van der Waals surface area contributed by atoms with Crippen molar-refractivity contribution >= 4 is 35.7 Å². The van der Waals surface area contributed by atoms with Gasteiger partial charge in [-0.05, 0) is 70.7 Å². The van der Waals surface area contributed by atoms with Crippen LogP contribution in [0.25, 0.3) is 6.08 Å². The van der Waals surface area contributed by atoms with E-state index in [9.17, 15) is 34.2 Å². The van der Waals surface area contributed by atoms with Crippen LogP contribution in [-0.4, -0.2) is 113 Å². The normalized spacial score (nSPS) is 20.5. The summed E-state index contributed by atoms with van der Waals surface area (Å²) < 4.78 is 24.9. The zero-order chi connectivity index (χ0) is 42.3. The van der Waals surface area contributed by atoms with E-state index in [1.54, 1.807) is 71.3 Å². The Labute approximate surface area is 337 Å². The van der Waals surface area contributed by atoms with Crippen LogP contribution in [0.3, 0.4) is 0 Å². The summed E-state index contributed by atoms with van der Waals surface area (Å²) in [6.45, 7) is 10.3. The molecular weight excluding hydrogens is 734 g/mol. The van der Waals surface area contributed by atoms with Gasteiger partial charge in [0.25, 0.3) is 0 Å². The summed E-state index contributed by atoms with van der Waals surface area (Å²) >= 11 is 0. The van der Waals surface area contributed by atoms with Crippen molar-refractivity contribution < 1.29 is 53.1 Å². The number of rotatable bonds is 21. The van der Waals surface area contributed by atoms with E-state index < -0.39 is 78.2 Å². The lowest BCUT2D eigenvalue weighted by atomic mass is 9.91. The Morgan fingerprint density at radius 2 is 1.65 bits per heavy atom. The van der Waals surface area contributed by atoms with E-state index >= 15 is 0 Å². The molecule has 6 unspecified atom stereocenters. The topological polar surface area (TPSA) is 190 Å². The van der Waals surface area contributed by atoms with Gasteiger partial charge in [0.1, 0.15) is 30.0 Å². The predicted octanol–water partition coefficient (Wildman–Crippen LogP) is 4.75. The van der Waals surface area contributed by atoms with E-state index in [0.717, 1.165) is 38.5 Å². The standard InChI is InChI=1S/C43H65N3O11/c1-9-11-15-23-43(24-16-12-10-2)55-34-26-30(39(51)45-37(28(3)48)40(52)44-31(27-47)20-22-36(50)56-42(4,5)6)25-33(38(34)57-43)54-41(53)32-18-14-13-17-29(32)19-21-35(49)46(7)8/h13-14,17-19,21,26,28,31,33-34,37-38,47-48H,9-12,15-16,20,22-25,27H2,1-8H3,(H,44,52)(H,45,51). The van der Waals surface area contributed by atoms with Gasteiger partial charge in [-0.2, -0.15) is 0 Å². The Morgan fingerprint density at radius 1 is 1.00 bits per heavy atom. The Balaban J connectivity index is 1.90. The average molecular weight is 800 g/mol. The van der Waals surface area contributed by atoms with Crippen molar-refractivity contribution in [1.82, 2.24) is 15.5 Å². The molecule has 2 aliphatic rings. The average Bonchev–Trinajstić information content (AvgIpc) is 3.52. The first kappa shape index (κ1) is 47.3. The molecule has 4 N–H and O–H groups in total. The summed E-state index contributed by atoms with van der Waals surface area (Å²) in [5, 5.41) is 25.8. The van der Waals surface area contributed by atoms with Gasteiger partial charge in [-0.1, -0.05) is 57.7 Å². The fourth-order valence-corrected chi connectivity index (χ4v) is 6.76. The highest BCUT2D eigenvalue weighted by Gasteiger charge is 2.52. The van der Waals surface area contributed by atoms with Crippen molar-refractivity contribution in [3.05, 3.63) is 53.1 Å². The lowest BCUT2D eigenvalue weighted by Crippen LogP contribution is -2.55. The molecule has 0 bridgehead atoms. The van der Waals surface area contributed by atoms with Crippen molar-refractivity contribution in [2.75, 3.05) is 20.7 Å². The van der Waals surface area contributed by atoms with Gasteiger partial charge in [0.05, 0.1) is 24.3 Å². The van der Waals surface area contributed by atoms with Crippen LogP contribution < -0.4 is 10.6 Å². The Kier molecular flexibility index (Phi) is 18.4. The Morgan fingerprint density at radius 3 is 2.23 bits per heavy atom. The van der Waals surface area contributed by atoms with E-state index in [1.807, 2.05) is 0 Å². The molecule has 1 heterocycles. The van der Waals surface area contributed by atoms with Crippen molar-refractivity contribution in [3.8, 4) is 0 Å². The highest BCUT2D eigenvalue weighted by atomic mass is 16.8. The van der Waals surface area contributed by atoms with Crippen LogP contribution in [0.2, 0.25) is 0 Å². The largest absolute Gasteiger partial charge is 0.460 e. The summed E-state index contributed by atoms with van der Waals surface area (Å²) in [7, 11) is 3.25. The van der Waals surface area contributed by atoms with Crippen LogP contribution in [0.15, 0.2) is 42.0 Å². The molecule has 1 aromatic rings. The first-order chi connectivity index (χ1) is 26.9. The molecule has 1 saturated heterocycles. The van der Waals surface area contributed by atoms with Gasteiger partial charge in [-0.15, -0.1) is 0 Å². The summed E-state index contributed by atoms with van der Waals surface area (Å²) in [6.07, 6.45) is 7.53. The number of benzene rings is 1. The molecular formula is C43H65N3O11. The number of carbonyl (C=O) groups is 5. The first-order valence-corrected chi connectivity index (χ1v) is 20.3. The molecule has 0 radical (unpaired) electrons. The van der Waals surface area contributed by atoms with Crippen molar-refractivity contribution in [2.45, 2.75) is 160 Å². The van der Waals surface area contributed by atoms with E-state index in [1.165, 1.54) is 17.9 Å². The number of carbonyl (C=O) groups excluding carboxylic acids is 5. The Hall–Kier alpha value is -4.11. The number of likely N-dealkylation sites (N-methyl/N-ethyl adjacent to an activating group) is 1. The smallest absolute Gasteiger partial charge is 0.339 e. The maximum absolute atomic E-state index is 14.0. The number of unbranched alkanes of at least 4 members (excludes halogenated alkanes) is 4. The molecule has 0 aromatic heterocycles. The Bertz CT molecular complexity index is 1570. The SMILES string of the molecule is CCCCCC1(CCCCC)OC2C=C(C(=O)NC(C(=O)NC(CO)CCC(=O)OC(C)(C)C)C(C)O)CC(OC(=O)c3ccccc3C=CC(=O)N(C)C)C2O1. The third kappa shape index (κ3) is 14.7. The number of amides is 3. The van der Waals surface area contributed by atoms with Gasteiger partial charge >= 0.3 is 11.9 Å². The van der Waals surface area contributed by atoms with Gasteiger partial charge in [-0.3, -0.25) is 19.2 Å². The van der Waals surface area contributed by atoms with Gasteiger partial charge in [0, 0.05) is 51.4 Å². The zero-order valence-electron chi connectivity index (χ0n) is 35.0. The molecule has 1 aliphatic carbocycles. The zero-order valence-corrected chi connectivity index (χ0v) is 35.0. The minimum atomic E-state index is -1.43. The molecule has 57 heavy (non-hydrogen) atoms. The second kappa shape index (κ2) is 22.2. The minimum Gasteiger partial charge on any atom is -0.460 e. The fraction of sp³-hybridized carbons (Fsp3) is 0.651. The molecule has 6 atom stereocenters. The van der Waals surface area contributed by atoms with Crippen molar-refractivity contribution in [2.24, 2.45) is 0 Å². The first-order valence-electron chi connectivity index (χ1n) is 20.3. The highest BCUT2D eigenvalue weighted by molar-refractivity contribution is 5.99. The third-order valence-corrected chi connectivity index (χ3v) is 9.81. The summed E-state index contributed by atoms with van der Waals surface area (Å²) in [4.78, 5) is 67.3. The number of ether oxygens (including phenoxy) is 4. The molecule has 1 aromatic carbocycles. The number of fused-ring (bicyclic) bond motifs is 1. The lowest BCUT2D eigenvalue weighted by molar-refractivity contribution is -0.190. The fourth-order valence-electron chi connectivity index (χ4n) is 6.76. The van der Waals surface area contributed by atoms with Gasteiger partial charge in [0.15, 0.2) is 5.79 Å². The molecule has 3 amide bonds. The molecule has 1 fully saturated rings. The number of aliphatic hydroxyl groups excluding tert-OH is 2. The summed E-state index contributed by atoms with van der Waals surface area (Å²) in [5.41, 5.74) is 0.152. The molecule has 0 spiro atoms. The van der Waals surface area contributed by atoms with Crippen LogP contribution in [0, 0.1) is 0 Å². The van der Waals surface area contributed by atoms with Crippen molar-refractivity contribution in [1.29, 1.82) is 0 Å². The van der Waals surface area contributed by atoms with E-state index in [0.29, 0.717) is 18.4 Å². The number of hydrogen-bond donors (Lipinski definition) is 4. The number of esters is 2. The number of aliphatic hydroxyl groups is 2. The maximum Gasteiger partial charge on any atom is 0.339 e. The predicted molar refractivity (Wildman–Crippen MR) is 215 cm³/mol. The molecule has 1 aliphatic heterocycles. The summed E-state index contributed by atoms with van der Waals surface area (Å²) in [6, 6.07) is 4.44. The molecule has 0 saturated carbocycles. The lowest BCUT2D eigenvalue weighted by Gasteiger charge is -2.32. The van der Waals surface area contributed by atoms with Crippen LogP contribution in [-0.2, 0) is 38.1 Å². The van der Waals surface area contributed by atoms with E-state index in [2.05, 4.69) is 24.5 Å². The minimum absolute atomic E-state index is 0.0688. The number of nitrogens with zero attached hydrogens (tertiary/aromatic N) is 1. The van der Waals surface area contributed by atoms with E-state index in [-0.39, 0.29) is 36.3 Å². The molecule has 14 nitrogen and oxygen atoms in total. The van der Waals surface area contributed by atoms with Crippen LogP contribution in [0.5, 0.6) is 0 Å². The van der Waals surface area contributed by atoms with Gasteiger partial charge in [-0.25, -0.2) is 4.79 Å². The number of nitrogens with one attached hydrogen (secondary N) is 2. The van der Waals surface area contributed by atoms with Crippen LogP contribution in [0.4, 0.5) is 0 Å². The van der Waals surface area contributed by atoms with Gasteiger partial charge in [0.2, 0.25) is 17.7 Å². The molecule has 14 heteroatoms. The molecule has 318 valence electrons. The van der Waals surface area contributed by atoms with Crippen LogP contribution >= 0.6 is 0 Å². The molecule has 3 rings (SSSR count). The van der Waals surface area contributed by atoms with Crippen molar-refractivity contribution in [3.63, 3.8) is 0 Å². The maximum atomic E-state index is 14.0. The second-order valence-corrected chi connectivity index (χ2v) is 16.2. The highest BCUT2D eigenvalue weighted by Crippen LogP contribution is 2.43. The quantitative estimate of drug-likeness (QED) is 0.0763.